The number of pyridine rings is 1. The Morgan fingerprint density at radius 1 is 1.10 bits per heavy atom. The summed E-state index contributed by atoms with van der Waals surface area (Å²) in [4.78, 5) is 4.20. The van der Waals surface area contributed by atoms with Crippen LogP contribution >= 0.6 is 0 Å². The molecule has 0 spiro atoms. The predicted octanol–water partition coefficient (Wildman–Crippen LogP) is 2.39. The first-order valence-corrected chi connectivity index (χ1v) is 7.61. The number of hydrogen-bond acceptors (Lipinski definition) is 4. The molecule has 0 aliphatic carbocycles. The lowest BCUT2D eigenvalue weighted by Gasteiger charge is -2.12. The SMILES string of the molecule is Cc1cccc(NS(=O)(=O)c2cc(C)c(C)cc2N)n1. The van der Waals surface area contributed by atoms with Gasteiger partial charge in [0.1, 0.15) is 10.7 Å². The van der Waals surface area contributed by atoms with Crippen molar-refractivity contribution in [1.29, 1.82) is 0 Å². The second-order valence-electron chi connectivity index (χ2n) is 4.74. The molecule has 1 aromatic carbocycles. The fraction of sp³-hybridized carbons (Fsp3) is 0.214. The minimum Gasteiger partial charge on any atom is -0.398 e. The first-order chi connectivity index (χ1) is 9.29. The Kier molecular flexibility index (Phi) is 3.67. The van der Waals surface area contributed by atoms with E-state index in [2.05, 4.69) is 9.71 Å². The highest BCUT2D eigenvalue weighted by Crippen LogP contribution is 2.24. The monoisotopic (exact) mass is 291 g/mol. The van der Waals surface area contributed by atoms with Crippen LogP contribution in [-0.2, 0) is 10.0 Å². The third-order valence-electron chi connectivity index (χ3n) is 3.04. The van der Waals surface area contributed by atoms with Crippen LogP contribution in [0, 0.1) is 20.8 Å². The van der Waals surface area contributed by atoms with Crippen LogP contribution in [0.4, 0.5) is 11.5 Å². The van der Waals surface area contributed by atoms with Gasteiger partial charge in [-0.2, -0.15) is 0 Å². The maximum atomic E-state index is 12.4. The van der Waals surface area contributed by atoms with E-state index in [0.717, 1.165) is 16.8 Å². The number of aryl methyl sites for hydroxylation is 3. The number of nitrogens with one attached hydrogen (secondary N) is 1. The standard InChI is InChI=1S/C14H17N3O2S/c1-9-7-12(15)13(8-10(9)2)20(18,19)17-14-6-4-5-11(3)16-14/h4-8H,15H2,1-3H3,(H,16,17). The van der Waals surface area contributed by atoms with Crippen LogP contribution in [0.5, 0.6) is 0 Å². The van der Waals surface area contributed by atoms with E-state index in [9.17, 15) is 8.42 Å². The lowest BCUT2D eigenvalue weighted by atomic mass is 10.1. The molecule has 0 radical (unpaired) electrons. The number of nitrogens with two attached hydrogens (primary N) is 1. The summed E-state index contributed by atoms with van der Waals surface area (Å²) in [6.07, 6.45) is 0. The van der Waals surface area contributed by atoms with Crippen LogP contribution in [0.25, 0.3) is 0 Å². The minimum absolute atomic E-state index is 0.0731. The lowest BCUT2D eigenvalue weighted by Crippen LogP contribution is -2.16. The van der Waals surface area contributed by atoms with Crippen molar-refractivity contribution >= 4 is 21.5 Å². The molecule has 1 aromatic heterocycles. The molecular weight excluding hydrogens is 274 g/mol. The average molecular weight is 291 g/mol. The molecule has 0 saturated heterocycles. The Labute approximate surface area is 118 Å². The Balaban J connectivity index is 2.43. The number of nitrogen functional groups attached to an aromatic ring is 1. The van der Waals surface area contributed by atoms with Crippen molar-refractivity contribution in [3.63, 3.8) is 0 Å². The molecule has 0 amide bonds. The molecule has 20 heavy (non-hydrogen) atoms. The van der Waals surface area contributed by atoms with E-state index in [1.165, 1.54) is 0 Å². The highest BCUT2D eigenvalue weighted by molar-refractivity contribution is 7.92. The van der Waals surface area contributed by atoms with Crippen LogP contribution in [0.3, 0.4) is 0 Å². The van der Waals surface area contributed by atoms with Gasteiger partial charge in [-0.05, 0) is 56.2 Å². The number of sulfonamides is 1. The number of nitrogens with zero attached hydrogens (tertiary/aromatic N) is 1. The Morgan fingerprint density at radius 3 is 2.40 bits per heavy atom. The first kappa shape index (κ1) is 14.3. The van der Waals surface area contributed by atoms with E-state index < -0.39 is 10.0 Å². The van der Waals surface area contributed by atoms with Crippen molar-refractivity contribution in [3.05, 3.63) is 47.2 Å². The van der Waals surface area contributed by atoms with E-state index in [0.29, 0.717) is 0 Å². The number of rotatable bonds is 3. The highest BCUT2D eigenvalue weighted by Gasteiger charge is 2.19. The Hall–Kier alpha value is -2.08. The van der Waals surface area contributed by atoms with Crippen molar-refractivity contribution in [1.82, 2.24) is 4.98 Å². The number of anilines is 2. The maximum absolute atomic E-state index is 12.4. The van der Waals surface area contributed by atoms with Gasteiger partial charge in [-0.25, -0.2) is 13.4 Å². The number of hydrogen-bond donors (Lipinski definition) is 2. The summed E-state index contributed by atoms with van der Waals surface area (Å²) in [6.45, 7) is 5.53. The fourth-order valence-corrected chi connectivity index (χ4v) is 3.04. The molecule has 0 saturated carbocycles. The van der Waals surface area contributed by atoms with Gasteiger partial charge < -0.3 is 5.73 Å². The zero-order valence-electron chi connectivity index (χ0n) is 11.6. The van der Waals surface area contributed by atoms with Crippen LogP contribution in [0.1, 0.15) is 16.8 Å². The van der Waals surface area contributed by atoms with Gasteiger partial charge in [-0.1, -0.05) is 6.07 Å². The van der Waals surface area contributed by atoms with Gasteiger partial charge in [0.05, 0.1) is 5.69 Å². The normalized spacial score (nSPS) is 11.3. The first-order valence-electron chi connectivity index (χ1n) is 6.13. The molecule has 2 rings (SSSR count). The van der Waals surface area contributed by atoms with Gasteiger partial charge in [-0.3, -0.25) is 4.72 Å². The molecule has 0 atom stereocenters. The predicted molar refractivity (Wildman–Crippen MR) is 80.1 cm³/mol. The zero-order chi connectivity index (χ0) is 14.9. The van der Waals surface area contributed by atoms with Gasteiger partial charge in [0.15, 0.2) is 0 Å². The van der Waals surface area contributed by atoms with Gasteiger partial charge in [0.25, 0.3) is 10.0 Å². The molecule has 6 heteroatoms. The van der Waals surface area contributed by atoms with Gasteiger partial charge in [0.2, 0.25) is 0 Å². The van der Waals surface area contributed by atoms with Crippen LogP contribution in [-0.4, -0.2) is 13.4 Å². The number of aromatic nitrogens is 1. The molecule has 0 aliphatic heterocycles. The summed E-state index contributed by atoms with van der Waals surface area (Å²) in [7, 11) is -3.74. The van der Waals surface area contributed by atoms with E-state index in [1.807, 2.05) is 13.8 Å². The van der Waals surface area contributed by atoms with Crippen molar-refractivity contribution in [2.75, 3.05) is 10.5 Å². The molecule has 0 bridgehead atoms. The van der Waals surface area contributed by atoms with Crippen molar-refractivity contribution in [2.45, 2.75) is 25.7 Å². The van der Waals surface area contributed by atoms with Crippen molar-refractivity contribution in [3.8, 4) is 0 Å². The Bertz CT molecular complexity index is 755. The van der Waals surface area contributed by atoms with Crippen LogP contribution in [0.15, 0.2) is 35.2 Å². The maximum Gasteiger partial charge on any atom is 0.265 e. The molecule has 5 nitrogen and oxygen atoms in total. The summed E-state index contributed by atoms with van der Waals surface area (Å²) in [5.41, 5.74) is 8.61. The third kappa shape index (κ3) is 2.91. The topological polar surface area (TPSA) is 85.1 Å². The van der Waals surface area contributed by atoms with E-state index in [1.54, 1.807) is 37.3 Å². The van der Waals surface area contributed by atoms with Gasteiger partial charge in [0, 0.05) is 5.69 Å². The molecule has 106 valence electrons. The van der Waals surface area contributed by atoms with Gasteiger partial charge >= 0.3 is 0 Å². The number of benzene rings is 1. The molecular formula is C14H17N3O2S. The third-order valence-corrected chi connectivity index (χ3v) is 4.45. The highest BCUT2D eigenvalue weighted by atomic mass is 32.2. The molecule has 0 aliphatic rings. The Morgan fingerprint density at radius 2 is 1.75 bits per heavy atom. The lowest BCUT2D eigenvalue weighted by molar-refractivity contribution is 0.601. The molecule has 1 heterocycles. The van der Waals surface area contributed by atoms with Crippen LogP contribution in [0.2, 0.25) is 0 Å². The smallest absolute Gasteiger partial charge is 0.265 e. The van der Waals surface area contributed by atoms with E-state index in [-0.39, 0.29) is 16.4 Å². The molecule has 0 fully saturated rings. The summed E-state index contributed by atoms with van der Waals surface area (Å²) < 4.78 is 27.2. The molecule has 2 aromatic rings. The van der Waals surface area contributed by atoms with Crippen LogP contribution < -0.4 is 10.5 Å². The van der Waals surface area contributed by atoms with Crippen molar-refractivity contribution in [2.24, 2.45) is 0 Å². The zero-order valence-corrected chi connectivity index (χ0v) is 12.5. The van der Waals surface area contributed by atoms with E-state index in [4.69, 9.17) is 5.73 Å². The molecule has 3 N–H and O–H groups in total. The molecule has 0 unspecified atom stereocenters. The van der Waals surface area contributed by atoms with E-state index >= 15 is 0 Å². The summed E-state index contributed by atoms with van der Waals surface area (Å²) >= 11 is 0. The minimum atomic E-state index is -3.74. The summed E-state index contributed by atoms with van der Waals surface area (Å²) in [5, 5.41) is 0. The quantitative estimate of drug-likeness (QED) is 0.850. The summed E-state index contributed by atoms with van der Waals surface area (Å²) in [5.74, 6) is 0.280. The van der Waals surface area contributed by atoms with Crippen molar-refractivity contribution < 1.29 is 8.42 Å². The van der Waals surface area contributed by atoms with Gasteiger partial charge in [-0.15, -0.1) is 0 Å². The second-order valence-corrected chi connectivity index (χ2v) is 6.39. The fourth-order valence-electron chi connectivity index (χ4n) is 1.84. The summed E-state index contributed by atoms with van der Waals surface area (Å²) in [6, 6.07) is 8.37. The average Bonchev–Trinajstić information content (AvgIpc) is 2.33. The largest absolute Gasteiger partial charge is 0.398 e. The second kappa shape index (κ2) is 5.13.